The van der Waals surface area contributed by atoms with E-state index in [1.807, 2.05) is 32.0 Å². The summed E-state index contributed by atoms with van der Waals surface area (Å²) in [6.45, 7) is 3.97. The van der Waals surface area contributed by atoms with Gasteiger partial charge in [-0.25, -0.2) is 0 Å². The topological polar surface area (TPSA) is 53.2 Å². The number of pyridine rings is 1. The Morgan fingerprint density at radius 3 is 2.53 bits per heavy atom. The van der Waals surface area contributed by atoms with Gasteiger partial charge in [-0.1, -0.05) is 23.8 Å². The van der Waals surface area contributed by atoms with E-state index in [4.69, 9.17) is 0 Å². The number of nitrogens with zero attached hydrogens (tertiary/aromatic N) is 1. The molecule has 0 saturated heterocycles. The van der Waals surface area contributed by atoms with Crippen molar-refractivity contribution in [2.75, 3.05) is 11.9 Å². The summed E-state index contributed by atoms with van der Waals surface area (Å²) in [5.41, 5.74) is 3.01. The number of aromatic amines is 1. The molecular weight excluding hydrogens is 240 g/mol. The number of nitrogens with one attached hydrogen (secondary N) is 1. The highest BCUT2D eigenvalue weighted by Gasteiger charge is 2.15. The number of rotatable bonds is 2. The smallest absolute Gasteiger partial charge is 0.274 e. The SMILES string of the molecule is Cc1ccc(N(C)C(=O)c2cccc(=O)[nH]2)c(C)c1. The third kappa shape index (κ3) is 2.73. The van der Waals surface area contributed by atoms with Crippen LogP contribution in [0.5, 0.6) is 0 Å². The van der Waals surface area contributed by atoms with Crippen molar-refractivity contribution in [2.45, 2.75) is 13.8 Å². The molecule has 19 heavy (non-hydrogen) atoms. The molecule has 0 atom stereocenters. The van der Waals surface area contributed by atoms with Gasteiger partial charge in [0.2, 0.25) is 5.56 Å². The molecule has 0 aliphatic rings. The van der Waals surface area contributed by atoms with Gasteiger partial charge in [-0.3, -0.25) is 9.59 Å². The van der Waals surface area contributed by atoms with Crippen LogP contribution in [0.3, 0.4) is 0 Å². The summed E-state index contributed by atoms with van der Waals surface area (Å²) >= 11 is 0. The zero-order valence-electron chi connectivity index (χ0n) is 11.2. The molecule has 0 aliphatic carbocycles. The summed E-state index contributed by atoms with van der Waals surface area (Å²) < 4.78 is 0. The first kappa shape index (κ1) is 13.1. The van der Waals surface area contributed by atoms with Gasteiger partial charge in [-0.2, -0.15) is 0 Å². The summed E-state index contributed by atoms with van der Waals surface area (Å²) in [7, 11) is 1.70. The van der Waals surface area contributed by atoms with Gasteiger partial charge in [0.05, 0.1) is 0 Å². The Morgan fingerprint density at radius 2 is 1.89 bits per heavy atom. The van der Waals surface area contributed by atoms with E-state index in [9.17, 15) is 9.59 Å². The van der Waals surface area contributed by atoms with Crippen LogP contribution in [-0.4, -0.2) is 17.9 Å². The Bertz CT molecular complexity index is 674. The van der Waals surface area contributed by atoms with Gasteiger partial charge in [0.15, 0.2) is 0 Å². The van der Waals surface area contributed by atoms with Crippen LogP contribution in [-0.2, 0) is 0 Å². The molecule has 1 aromatic carbocycles. The number of amides is 1. The summed E-state index contributed by atoms with van der Waals surface area (Å²) in [6, 6.07) is 10.4. The number of hydrogen-bond donors (Lipinski definition) is 1. The van der Waals surface area contributed by atoms with Gasteiger partial charge in [-0.05, 0) is 31.5 Å². The van der Waals surface area contributed by atoms with Crippen molar-refractivity contribution >= 4 is 11.6 Å². The summed E-state index contributed by atoms with van der Waals surface area (Å²) in [5, 5.41) is 0. The van der Waals surface area contributed by atoms with E-state index in [-0.39, 0.29) is 17.2 Å². The molecule has 0 aliphatic heterocycles. The largest absolute Gasteiger partial charge is 0.318 e. The van der Waals surface area contributed by atoms with E-state index in [2.05, 4.69) is 4.98 Å². The van der Waals surface area contributed by atoms with Gasteiger partial charge in [0.25, 0.3) is 5.91 Å². The van der Waals surface area contributed by atoms with Crippen molar-refractivity contribution in [2.24, 2.45) is 0 Å². The van der Waals surface area contributed by atoms with Crippen molar-refractivity contribution in [1.29, 1.82) is 0 Å². The fourth-order valence-electron chi connectivity index (χ4n) is 2.04. The summed E-state index contributed by atoms with van der Waals surface area (Å²) in [6.07, 6.45) is 0. The van der Waals surface area contributed by atoms with Crippen molar-refractivity contribution in [1.82, 2.24) is 4.98 Å². The number of carbonyl (C=O) groups is 1. The van der Waals surface area contributed by atoms with Crippen molar-refractivity contribution in [3.05, 3.63) is 63.6 Å². The predicted molar refractivity (Wildman–Crippen MR) is 75.7 cm³/mol. The maximum atomic E-state index is 12.3. The highest BCUT2D eigenvalue weighted by atomic mass is 16.2. The molecule has 1 aromatic heterocycles. The van der Waals surface area contributed by atoms with E-state index in [1.54, 1.807) is 24.1 Å². The van der Waals surface area contributed by atoms with Crippen LogP contribution in [0.2, 0.25) is 0 Å². The van der Waals surface area contributed by atoms with Gasteiger partial charge in [0, 0.05) is 18.8 Å². The minimum absolute atomic E-state index is 0.232. The van der Waals surface area contributed by atoms with E-state index >= 15 is 0 Å². The second kappa shape index (κ2) is 5.10. The van der Waals surface area contributed by atoms with Crippen LogP contribution in [0.4, 0.5) is 5.69 Å². The lowest BCUT2D eigenvalue weighted by molar-refractivity contribution is 0.0988. The second-order valence-corrected chi connectivity index (χ2v) is 4.58. The molecule has 0 bridgehead atoms. The molecule has 1 N–H and O–H groups in total. The number of carbonyl (C=O) groups excluding carboxylic acids is 1. The van der Waals surface area contributed by atoms with Crippen LogP contribution in [0.15, 0.2) is 41.2 Å². The van der Waals surface area contributed by atoms with Crippen LogP contribution in [0.1, 0.15) is 21.6 Å². The Morgan fingerprint density at radius 1 is 1.16 bits per heavy atom. The molecule has 0 spiro atoms. The lowest BCUT2D eigenvalue weighted by Gasteiger charge is -2.19. The molecule has 0 fully saturated rings. The maximum Gasteiger partial charge on any atom is 0.274 e. The highest BCUT2D eigenvalue weighted by Crippen LogP contribution is 2.21. The average Bonchev–Trinajstić information content (AvgIpc) is 2.37. The number of H-pyrrole nitrogens is 1. The monoisotopic (exact) mass is 256 g/mol. The third-order valence-electron chi connectivity index (χ3n) is 3.02. The third-order valence-corrected chi connectivity index (χ3v) is 3.02. The summed E-state index contributed by atoms with van der Waals surface area (Å²) in [4.78, 5) is 27.6. The van der Waals surface area contributed by atoms with Crippen LogP contribution in [0.25, 0.3) is 0 Å². The Balaban J connectivity index is 2.36. The number of anilines is 1. The first-order valence-corrected chi connectivity index (χ1v) is 6.03. The van der Waals surface area contributed by atoms with E-state index in [0.717, 1.165) is 16.8 Å². The van der Waals surface area contributed by atoms with Crippen LogP contribution < -0.4 is 10.5 Å². The molecule has 2 rings (SSSR count). The Kier molecular flexibility index (Phi) is 3.51. The van der Waals surface area contributed by atoms with Crippen LogP contribution >= 0.6 is 0 Å². The lowest BCUT2D eigenvalue weighted by atomic mass is 10.1. The standard InChI is InChI=1S/C15H16N2O2/c1-10-7-8-13(11(2)9-10)17(3)15(19)12-5-4-6-14(18)16-12/h4-9H,1-3H3,(H,16,18). The number of aryl methyl sites for hydroxylation is 2. The van der Waals surface area contributed by atoms with E-state index in [0.29, 0.717) is 0 Å². The Labute approximate surface area is 111 Å². The molecule has 98 valence electrons. The quantitative estimate of drug-likeness (QED) is 0.896. The van der Waals surface area contributed by atoms with Gasteiger partial charge in [0.1, 0.15) is 5.69 Å². The molecule has 0 saturated carbocycles. The fourth-order valence-corrected chi connectivity index (χ4v) is 2.04. The first-order chi connectivity index (χ1) is 8.99. The van der Waals surface area contributed by atoms with Crippen molar-refractivity contribution in [3.63, 3.8) is 0 Å². The predicted octanol–water partition coefficient (Wildman–Crippen LogP) is 2.27. The lowest BCUT2D eigenvalue weighted by Crippen LogP contribution is -2.29. The first-order valence-electron chi connectivity index (χ1n) is 6.03. The van der Waals surface area contributed by atoms with Crippen LogP contribution in [0, 0.1) is 13.8 Å². The zero-order valence-corrected chi connectivity index (χ0v) is 11.2. The normalized spacial score (nSPS) is 10.3. The molecule has 0 unspecified atom stereocenters. The molecule has 2 aromatic rings. The summed E-state index contributed by atoms with van der Waals surface area (Å²) in [5.74, 6) is -0.232. The van der Waals surface area contributed by atoms with E-state index < -0.39 is 0 Å². The maximum absolute atomic E-state index is 12.3. The minimum Gasteiger partial charge on any atom is -0.318 e. The van der Waals surface area contributed by atoms with E-state index in [1.165, 1.54) is 6.07 Å². The zero-order chi connectivity index (χ0) is 14.0. The Hall–Kier alpha value is -2.36. The van der Waals surface area contributed by atoms with Crippen molar-refractivity contribution in [3.8, 4) is 0 Å². The molecular formula is C15H16N2O2. The number of aromatic nitrogens is 1. The molecule has 1 heterocycles. The molecule has 1 amide bonds. The minimum atomic E-state index is -0.278. The molecule has 4 heteroatoms. The highest BCUT2D eigenvalue weighted by molar-refractivity contribution is 6.04. The van der Waals surface area contributed by atoms with Gasteiger partial charge in [-0.15, -0.1) is 0 Å². The van der Waals surface area contributed by atoms with Gasteiger partial charge >= 0.3 is 0 Å². The average molecular weight is 256 g/mol. The molecule has 0 radical (unpaired) electrons. The van der Waals surface area contributed by atoms with Gasteiger partial charge < -0.3 is 9.88 Å². The molecule has 4 nitrogen and oxygen atoms in total. The fraction of sp³-hybridized carbons (Fsp3) is 0.200. The second-order valence-electron chi connectivity index (χ2n) is 4.58. The number of hydrogen-bond acceptors (Lipinski definition) is 2. The van der Waals surface area contributed by atoms with Crippen molar-refractivity contribution < 1.29 is 4.79 Å². The number of benzene rings is 1.